The van der Waals surface area contributed by atoms with Gasteiger partial charge in [-0.2, -0.15) is 0 Å². The molecule has 0 saturated heterocycles. The van der Waals surface area contributed by atoms with Gasteiger partial charge in [-0.15, -0.1) is 0 Å². The highest BCUT2D eigenvalue weighted by Crippen LogP contribution is 2.25. The second kappa shape index (κ2) is 8.95. The van der Waals surface area contributed by atoms with Crippen LogP contribution in [0.4, 0.5) is 0 Å². The molecule has 0 radical (unpaired) electrons. The lowest BCUT2D eigenvalue weighted by atomic mass is 9.88. The highest BCUT2D eigenvalue weighted by Gasteiger charge is 2.12. The number of ether oxygens (including phenoxy) is 1. The number of rotatable bonds is 6. The van der Waals surface area contributed by atoms with Crippen molar-refractivity contribution in [3.8, 4) is 0 Å². The number of carbonyl (C=O) groups is 2. The summed E-state index contributed by atoms with van der Waals surface area (Å²) in [6, 6.07) is 0. The van der Waals surface area contributed by atoms with Gasteiger partial charge in [0.05, 0.1) is 6.61 Å². The monoisotopic (exact) mass is 256 g/mol. The van der Waals surface area contributed by atoms with Crippen molar-refractivity contribution in [1.82, 2.24) is 0 Å². The van der Waals surface area contributed by atoms with E-state index in [1.54, 1.807) is 0 Å². The number of carboxylic acid groups (broad SMARTS) is 1. The van der Waals surface area contributed by atoms with Crippen LogP contribution >= 0.6 is 0 Å². The van der Waals surface area contributed by atoms with Crippen LogP contribution < -0.4 is 0 Å². The van der Waals surface area contributed by atoms with Gasteiger partial charge in [0.1, 0.15) is 6.42 Å². The Balaban J connectivity index is 2.05. The fourth-order valence-electron chi connectivity index (χ4n) is 2.56. The summed E-state index contributed by atoms with van der Waals surface area (Å²) >= 11 is 0. The van der Waals surface area contributed by atoms with Crippen molar-refractivity contribution in [3.63, 3.8) is 0 Å². The predicted molar refractivity (Wildman–Crippen MR) is 68.3 cm³/mol. The number of carbonyl (C=O) groups excluding carboxylic acids is 1. The van der Waals surface area contributed by atoms with E-state index in [9.17, 15) is 9.59 Å². The van der Waals surface area contributed by atoms with E-state index in [0.29, 0.717) is 6.61 Å². The topological polar surface area (TPSA) is 63.6 Å². The SMILES string of the molecule is O=C(O)CC(=O)OCCCC1CCCCCCC1. The van der Waals surface area contributed by atoms with Crippen LogP contribution in [0.15, 0.2) is 0 Å². The van der Waals surface area contributed by atoms with Crippen molar-refractivity contribution in [2.75, 3.05) is 6.61 Å². The Morgan fingerprint density at radius 1 is 1.06 bits per heavy atom. The number of carboxylic acids is 1. The molecule has 1 fully saturated rings. The molecule has 4 heteroatoms. The Kier molecular flexibility index (Phi) is 7.46. The van der Waals surface area contributed by atoms with Gasteiger partial charge in [0.15, 0.2) is 0 Å². The molecule has 4 nitrogen and oxygen atoms in total. The van der Waals surface area contributed by atoms with Gasteiger partial charge in [0, 0.05) is 0 Å². The molecule has 0 aromatic carbocycles. The van der Waals surface area contributed by atoms with Gasteiger partial charge in [-0.3, -0.25) is 9.59 Å². The maximum absolute atomic E-state index is 11.0. The van der Waals surface area contributed by atoms with Crippen LogP contribution in [0.25, 0.3) is 0 Å². The summed E-state index contributed by atoms with van der Waals surface area (Å²) in [7, 11) is 0. The largest absolute Gasteiger partial charge is 0.481 e. The van der Waals surface area contributed by atoms with E-state index in [-0.39, 0.29) is 0 Å². The first-order chi connectivity index (χ1) is 8.68. The average Bonchev–Trinajstić information content (AvgIpc) is 2.25. The quantitative estimate of drug-likeness (QED) is 0.450. The van der Waals surface area contributed by atoms with Gasteiger partial charge in [-0.1, -0.05) is 44.9 Å². The van der Waals surface area contributed by atoms with Gasteiger partial charge in [0.25, 0.3) is 0 Å². The van der Waals surface area contributed by atoms with E-state index < -0.39 is 18.4 Å². The van der Waals surface area contributed by atoms with Crippen LogP contribution in [-0.2, 0) is 14.3 Å². The first-order valence-corrected chi connectivity index (χ1v) is 7.06. The molecule has 0 spiro atoms. The van der Waals surface area contributed by atoms with Crippen molar-refractivity contribution in [2.45, 2.75) is 64.2 Å². The lowest BCUT2D eigenvalue weighted by Gasteiger charge is -2.19. The third-order valence-electron chi connectivity index (χ3n) is 3.54. The predicted octanol–water partition coefficient (Wildman–Crippen LogP) is 3.15. The van der Waals surface area contributed by atoms with Crippen molar-refractivity contribution in [3.05, 3.63) is 0 Å². The maximum Gasteiger partial charge on any atom is 0.317 e. The number of hydrogen-bond acceptors (Lipinski definition) is 3. The minimum Gasteiger partial charge on any atom is -0.481 e. The lowest BCUT2D eigenvalue weighted by molar-refractivity contribution is -0.151. The summed E-state index contributed by atoms with van der Waals surface area (Å²) in [6.07, 6.45) is 10.7. The molecule has 0 bridgehead atoms. The van der Waals surface area contributed by atoms with E-state index in [1.165, 1.54) is 44.9 Å². The summed E-state index contributed by atoms with van der Waals surface area (Å²) < 4.78 is 4.88. The molecule has 1 aliphatic carbocycles. The summed E-state index contributed by atoms with van der Waals surface area (Å²) in [5.74, 6) is -0.983. The van der Waals surface area contributed by atoms with Crippen LogP contribution in [0.1, 0.15) is 64.2 Å². The number of aliphatic carboxylic acids is 1. The van der Waals surface area contributed by atoms with E-state index in [0.717, 1.165) is 18.8 Å². The zero-order valence-corrected chi connectivity index (χ0v) is 11.0. The Morgan fingerprint density at radius 2 is 1.67 bits per heavy atom. The zero-order chi connectivity index (χ0) is 13.2. The first-order valence-electron chi connectivity index (χ1n) is 7.06. The fourth-order valence-corrected chi connectivity index (χ4v) is 2.56. The second-order valence-corrected chi connectivity index (χ2v) is 5.14. The minimum atomic E-state index is -1.12. The molecular weight excluding hydrogens is 232 g/mol. The van der Waals surface area contributed by atoms with Gasteiger partial charge in [-0.05, 0) is 18.8 Å². The molecule has 18 heavy (non-hydrogen) atoms. The van der Waals surface area contributed by atoms with Gasteiger partial charge >= 0.3 is 11.9 Å². The van der Waals surface area contributed by atoms with Crippen molar-refractivity contribution < 1.29 is 19.4 Å². The molecule has 0 aromatic rings. The van der Waals surface area contributed by atoms with Gasteiger partial charge in [0.2, 0.25) is 0 Å². The van der Waals surface area contributed by atoms with Crippen molar-refractivity contribution in [1.29, 1.82) is 0 Å². The second-order valence-electron chi connectivity index (χ2n) is 5.14. The average molecular weight is 256 g/mol. The van der Waals surface area contributed by atoms with E-state index in [1.807, 2.05) is 0 Å². The van der Waals surface area contributed by atoms with Crippen molar-refractivity contribution >= 4 is 11.9 Å². The standard InChI is InChI=1S/C14H24O4/c15-13(16)11-14(17)18-10-6-9-12-7-4-2-1-3-5-8-12/h12H,1-11H2,(H,15,16). The number of esters is 1. The first kappa shape index (κ1) is 15.0. The maximum atomic E-state index is 11.0. The summed E-state index contributed by atoms with van der Waals surface area (Å²) in [5.41, 5.74) is 0. The Bertz CT molecular complexity index is 255. The summed E-state index contributed by atoms with van der Waals surface area (Å²) in [5, 5.41) is 8.40. The Hall–Kier alpha value is -1.06. The number of hydrogen-bond donors (Lipinski definition) is 1. The fraction of sp³-hybridized carbons (Fsp3) is 0.857. The molecule has 0 atom stereocenters. The molecule has 0 aromatic heterocycles. The third kappa shape index (κ3) is 7.30. The highest BCUT2D eigenvalue weighted by atomic mass is 16.5. The molecular formula is C14H24O4. The normalized spacial score (nSPS) is 17.8. The molecule has 1 rings (SSSR count). The summed E-state index contributed by atoms with van der Waals surface area (Å²) in [4.78, 5) is 21.3. The molecule has 1 N–H and O–H groups in total. The lowest BCUT2D eigenvalue weighted by Crippen LogP contribution is -2.12. The van der Waals surface area contributed by atoms with Gasteiger partial charge in [-0.25, -0.2) is 0 Å². The van der Waals surface area contributed by atoms with Crippen LogP contribution in [0.3, 0.4) is 0 Å². The summed E-state index contributed by atoms with van der Waals surface area (Å²) in [6.45, 7) is 0.364. The molecule has 0 amide bonds. The van der Waals surface area contributed by atoms with E-state index in [2.05, 4.69) is 0 Å². The minimum absolute atomic E-state index is 0.364. The molecule has 0 aliphatic heterocycles. The Morgan fingerprint density at radius 3 is 2.28 bits per heavy atom. The molecule has 1 saturated carbocycles. The van der Waals surface area contributed by atoms with E-state index in [4.69, 9.17) is 9.84 Å². The zero-order valence-electron chi connectivity index (χ0n) is 11.0. The van der Waals surface area contributed by atoms with Gasteiger partial charge < -0.3 is 9.84 Å². The van der Waals surface area contributed by atoms with Crippen LogP contribution in [0.2, 0.25) is 0 Å². The molecule has 0 unspecified atom stereocenters. The van der Waals surface area contributed by atoms with Crippen LogP contribution in [0.5, 0.6) is 0 Å². The molecule has 1 aliphatic rings. The van der Waals surface area contributed by atoms with Crippen LogP contribution in [-0.4, -0.2) is 23.7 Å². The van der Waals surface area contributed by atoms with E-state index >= 15 is 0 Å². The third-order valence-corrected chi connectivity index (χ3v) is 3.54. The highest BCUT2D eigenvalue weighted by molar-refractivity contribution is 5.90. The molecule has 104 valence electrons. The van der Waals surface area contributed by atoms with Crippen molar-refractivity contribution in [2.24, 2.45) is 5.92 Å². The van der Waals surface area contributed by atoms with Crippen LogP contribution in [0, 0.1) is 5.92 Å². The molecule has 0 heterocycles. The smallest absolute Gasteiger partial charge is 0.317 e. The Labute approximate surface area is 109 Å².